The number of nitrogens with two attached hydrogens (primary N) is 1. The van der Waals surface area contributed by atoms with Crippen molar-refractivity contribution in [2.45, 2.75) is 17.3 Å². The van der Waals surface area contributed by atoms with Gasteiger partial charge >= 0.3 is 0 Å². The molecule has 0 atom stereocenters. The Kier molecular flexibility index (Phi) is 6.49. The lowest BCUT2D eigenvalue weighted by Gasteiger charge is -2.11. The van der Waals surface area contributed by atoms with Gasteiger partial charge in [-0.3, -0.25) is 4.79 Å². The topological polar surface area (TPSA) is 110 Å². The van der Waals surface area contributed by atoms with E-state index in [2.05, 4.69) is 38.1 Å². The summed E-state index contributed by atoms with van der Waals surface area (Å²) in [4.78, 5) is 21.4. The third kappa shape index (κ3) is 4.96. The molecule has 0 bridgehead atoms. The van der Waals surface area contributed by atoms with Crippen LogP contribution in [0.15, 0.2) is 84.1 Å². The average Bonchev–Trinajstić information content (AvgIpc) is 3.25. The van der Waals surface area contributed by atoms with Crippen LogP contribution in [0.1, 0.15) is 27.3 Å². The number of imidazole rings is 1. The molecular formula is C24H20N6OS. The molecule has 158 valence electrons. The number of nitrogens with zero attached hydrogens (tertiary/aromatic N) is 4. The number of anilines is 2. The van der Waals surface area contributed by atoms with Crippen LogP contribution in [0.2, 0.25) is 0 Å². The van der Waals surface area contributed by atoms with Gasteiger partial charge in [0.25, 0.3) is 5.91 Å². The maximum Gasteiger partial charge on any atom is 0.259 e. The fourth-order valence-corrected chi connectivity index (χ4v) is 4.07. The maximum atomic E-state index is 12.6. The summed E-state index contributed by atoms with van der Waals surface area (Å²) in [5.41, 5.74) is 8.34. The van der Waals surface area contributed by atoms with Crippen molar-refractivity contribution in [3.8, 4) is 6.07 Å². The number of hydrogen-bond donors (Lipinski definition) is 2. The summed E-state index contributed by atoms with van der Waals surface area (Å²) in [6.45, 7) is 0.704. The Hall–Kier alpha value is -4.09. The normalized spacial score (nSPS) is 10.5. The predicted octanol–water partition coefficient (Wildman–Crippen LogP) is 4.32. The fraction of sp³-hybridized carbons (Fsp3) is 0.0833. The number of nitrogens with one attached hydrogen (secondary N) is 1. The van der Waals surface area contributed by atoms with Crippen molar-refractivity contribution in [2.75, 3.05) is 11.1 Å². The zero-order valence-electron chi connectivity index (χ0n) is 17.1. The van der Waals surface area contributed by atoms with Gasteiger partial charge in [0.1, 0.15) is 22.7 Å². The number of carbonyl (C=O) groups excluding carboxylic acids is 1. The average molecular weight is 441 g/mol. The molecule has 2 aromatic carbocycles. The fourth-order valence-electron chi connectivity index (χ4n) is 3.14. The third-order valence-electron chi connectivity index (χ3n) is 4.75. The van der Waals surface area contributed by atoms with Crippen LogP contribution in [0.4, 0.5) is 11.5 Å². The van der Waals surface area contributed by atoms with E-state index in [1.807, 2.05) is 42.6 Å². The smallest absolute Gasteiger partial charge is 0.259 e. The Balaban J connectivity index is 1.49. The van der Waals surface area contributed by atoms with Gasteiger partial charge in [-0.15, -0.1) is 0 Å². The summed E-state index contributed by atoms with van der Waals surface area (Å²) in [7, 11) is 0. The van der Waals surface area contributed by atoms with E-state index in [-0.39, 0.29) is 11.4 Å². The Morgan fingerprint density at radius 3 is 2.56 bits per heavy atom. The molecule has 0 spiro atoms. The number of benzene rings is 2. The van der Waals surface area contributed by atoms with E-state index < -0.39 is 5.91 Å². The van der Waals surface area contributed by atoms with Gasteiger partial charge in [0, 0.05) is 24.6 Å². The van der Waals surface area contributed by atoms with Gasteiger partial charge in [-0.1, -0.05) is 60.3 Å². The molecule has 0 radical (unpaired) electrons. The number of para-hydroxylation sites is 1. The molecule has 2 aromatic heterocycles. The van der Waals surface area contributed by atoms with Crippen molar-refractivity contribution in [1.82, 2.24) is 14.5 Å². The molecule has 32 heavy (non-hydrogen) atoms. The summed E-state index contributed by atoms with van der Waals surface area (Å²) in [6.07, 6.45) is 3.68. The SMILES string of the molecule is N#Cc1cc(C(=O)Nc2ccccc2)c(N)nc1SCc1nccn1Cc1ccccc1. The highest BCUT2D eigenvalue weighted by Crippen LogP contribution is 2.27. The molecule has 0 saturated heterocycles. The van der Waals surface area contributed by atoms with Gasteiger partial charge in [-0.2, -0.15) is 5.26 Å². The van der Waals surface area contributed by atoms with Crippen molar-refractivity contribution >= 4 is 29.2 Å². The second-order valence-electron chi connectivity index (χ2n) is 6.95. The number of carbonyl (C=O) groups is 1. The summed E-state index contributed by atoms with van der Waals surface area (Å²) in [5, 5.41) is 12.8. The van der Waals surface area contributed by atoms with Crippen LogP contribution in [0, 0.1) is 11.3 Å². The van der Waals surface area contributed by atoms with Crippen molar-refractivity contribution in [3.05, 3.63) is 102 Å². The molecule has 0 aliphatic carbocycles. The molecule has 4 aromatic rings. The highest BCUT2D eigenvalue weighted by molar-refractivity contribution is 7.98. The molecule has 3 N–H and O–H groups in total. The number of pyridine rings is 1. The molecule has 0 saturated carbocycles. The second-order valence-corrected chi connectivity index (χ2v) is 7.92. The zero-order chi connectivity index (χ0) is 22.3. The lowest BCUT2D eigenvalue weighted by Crippen LogP contribution is -2.15. The first-order valence-corrected chi connectivity index (χ1v) is 10.9. The number of rotatable bonds is 7. The Labute approximate surface area is 189 Å². The molecule has 0 aliphatic heterocycles. The van der Waals surface area contributed by atoms with Gasteiger partial charge in [0.2, 0.25) is 0 Å². The first-order chi connectivity index (χ1) is 15.6. The van der Waals surface area contributed by atoms with Crippen LogP contribution in [-0.4, -0.2) is 20.4 Å². The molecule has 4 rings (SSSR count). The Morgan fingerprint density at radius 2 is 1.84 bits per heavy atom. The summed E-state index contributed by atoms with van der Waals surface area (Å²) >= 11 is 1.36. The van der Waals surface area contributed by atoms with Crippen molar-refractivity contribution < 1.29 is 4.79 Å². The van der Waals surface area contributed by atoms with Crippen molar-refractivity contribution in [2.24, 2.45) is 0 Å². The van der Waals surface area contributed by atoms with Crippen LogP contribution in [0.3, 0.4) is 0 Å². The number of hydrogen-bond acceptors (Lipinski definition) is 6. The van der Waals surface area contributed by atoms with Crippen molar-refractivity contribution in [1.29, 1.82) is 5.26 Å². The number of thioether (sulfide) groups is 1. The molecule has 1 amide bonds. The molecular weight excluding hydrogens is 420 g/mol. The zero-order valence-corrected chi connectivity index (χ0v) is 17.9. The first-order valence-electron chi connectivity index (χ1n) is 9.88. The van der Waals surface area contributed by atoms with E-state index in [9.17, 15) is 10.1 Å². The predicted molar refractivity (Wildman–Crippen MR) is 125 cm³/mol. The van der Waals surface area contributed by atoms with Crippen LogP contribution < -0.4 is 11.1 Å². The van der Waals surface area contributed by atoms with Crippen LogP contribution in [0.25, 0.3) is 0 Å². The van der Waals surface area contributed by atoms with Crippen molar-refractivity contribution in [3.63, 3.8) is 0 Å². The highest BCUT2D eigenvalue weighted by Gasteiger charge is 2.17. The summed E-state index contributed by atoms with van der Waals surface area (Å²) in [5.74, 6) is 1.03. The first kappa shape index (κ1) is 21.2. The number of amides is 1. The summed E-state index contributed by atoms with van der Waals surface area (Å²) in [6, 6.07) is 22.8. The van der Waals surface area contributed by atoms with E-state index in [0.717, 1.165) is 5.82 Å². The largest absolute Gasteiger partial charge is 0.383 e. The molecule has 2 heterocycles. The standard InChI is InChI=1S/C24H20N6OS/c25-14-18-13-20(23(31)28-19-9-5-2-6-10-19)22(26)29-24(18)32-16-21-27-11-12-30(21)15-17-7-3-1-4-8-17/h1-13H,15-16H2,(H2,26,29)(H,28,31). The van der Waals surface area contributed by atoms with E-state index in [0.29, 0.717) is 28.6 Å². The molecule has 7 nitrogen and oxygen atoms in total. The quantitative estimate of drug-likeness (QED) is 0.414. The van der Waals surface area contributed by atoms with E-state index in [1.165, 1.54) is 23.4 Å². The minimum atomic E-state index is -0.410. The molecule has 8 heteroatoms. The molecule has 0 fully saturated rings. The minimum Gasteiger partial charge on any atom is -0.383 e. The van der Waals surface area contributed by atoms with Gasteiger partial charge in [-0.25, -0.2) is 9.97 Å². The number of aromatic nitrogens is 3. The van der Waals surface area contributed by atoms with Crippen LogP contribution >= 0.6 is 11.8 Å². The maximum absolute atomic E-state index is 12.6. The van der Waals surface area contributed by atoms with Gasteiger partial charge in [0.05, 0.1) is 16.9 Å². The lowest BCUT2D eigenvalue weighted by molar-refractivity contribution is 0.102. The van der Waals surface area contributed by atoms with Gasteiger partial charge < -0.3 is 15.6 Å². The van der Waals surface area contributed by atoms with E-state index in [4.69, 9.17) is 5.73 Å². The highest BCUT2D eigenvalue weighted by atomic mass is 32.2. The number of nitrogen functional groups attached to an aromatic ring is 1. The lowest BCUT2D eigenvalue weighted by atomic mass is 10.2. The number of nitriles is 1. The van der Waals surface area contributed by atoms with E-state index >= 15 is 0 Å². The molecule has 0 unspecified atom stereocenters. The van der Waals surface area contributed by atoms with Crippen LogP contribution in [0.5, 0.6) is 0 Å². The Morgan fingerprint density at radius 1 is 1.12 bits per heavy atom. The summed E-state index contributed by atoms with van der Waals surface area (Å²) < 4.78 is 2.05. The monoisotopic (exact) mass is 440 g/mol. The Bertz CT molecular complexity index is 1260. The third-order valence-corrected chi connectivity index (χ3v) is 5.74. The second kappa shape index (κ2) is 9.81. The van der Waals surface area contributed by atoms with Gasteiger partial charge in [-0.05, 0) is 23.8 Å². The van der Waals surface area contributed by atoms with Crippen LogP contribution in [-0.2, 0) is 12.3 Å². The molecule has 0 aliphatic rings. The van der Waals surface area contributed by atoms with Gasteiger partial charge in [0.15, 0.2) is 0 Å². The van der Waals surface area contributed by atoms with E-state index in [1.54, 1.807) is 18.3 Å². The minimum absolute atomic E-state index is 0.0764.